The number of rotatable bonds is 6. The van der Waals surface area contributed by atoms with Gasteiger partial charge in [0.05, 0.1) is 4.91 Å². The lowest BCUT2D eigenvalue weighted by molar-refractivity contribution is -0.124. The van der Waals surface area contributed by atoms with E-state index in [1.807, 2.05) is 30.3 Å². The fourth-order valence-electron chi connectivity index (χ4n) is 3.40. The molecule has 2 fully saturated rings. The molecule has 5 nitrogen and oxygen atoms in total. The van der Waals surface area contributed by atoms with E-state index in [0.717, 1.165) is 28.6 Å². The smallest absolute Gasteiger partial charge is 0.293 e. The van der Waals surface area contributed by atoms with Gasteiger partial charge in [0.1, 0.15) is 5.82 Å². The Balaban J connectivity index is 1.30. The van der Waals surface area contributed by atoms with E-state index in [0.29, 0.717) is 0 Å². The van der Waals surface area contributed by atoms with Crippen LogP contribution in [0.4, 0.5) is 9.18 Å². The van der Waals surface area contributed by atoms with Crippen molar-refractivity contribution in [3.63, 3.8) is 0 Å². The van der Waals surface area contributed by atoms with Gasteiger partial charge in [-0.15, -0.1) is 0 Å². The van der Waals surface area contributed by atoms with Gasteiger partial charge in [-0.25, -0.2) is 4.39 Å². The molecule has 1 aliphatic heterocycles. The van der Waals surface area contributed by atoms with Crippen molar-refractivity contribution in [1.29, 1.82) is 0 Å². The van der Waals surface area contributed by atoms with Crippen molar-refractivity contribution in [3.05, 3.63) is 76.4 Å². The maximum absolute atomic E-state index is 13.8. The Bertz CT molecular complexity index is 993. The number of halogens is 1. The molecule has 7 heteroatoms. The normalized spacial score (nSPS) is 22.2. The van der Waals surface area contributed by atoms with E-state index in [4.69, 9.17) is 0 Å². The van der Waals surface area contributed by atoms with Crippen LogP contribution in [0.3, 0.4) is 0 Å². The molecule has 2 aliphatic rings. The Kier molecular flexibility index (Phi) is 5.49. The monoisotopic (exact) mass is 410 g/mol. The topological polar surface area (TPSA) is 66.5 Å². The molecule has 0 bridgehead atoms. The fraction of sp³-hybridized carbons (Fsp3) is 0.227. The van der Waals surface area contributed by atoms with Gasteiger partial charge in [0.25, 0.3) is 11.1 Å². The molecule has 1 saturated carbocycles. The molecule has 4 rings (SSSR count). The van der Waals surface area contributed by atoms with E-state index in [9.17, 15) is 18.8 Å². The highest BCUT2D eigenvalue weighted by molar-refractivity contribution is 8.18. The largest absolute Gasteiger partial charge is 0.354 e. The average molecular weight is 410 g/mol. The number of hydrogen-bond donors (Lipinski definition) is 1. The third-order valence-electron chi connectivity index (χ3n) is 5.05. The van der Waals surface area contributed by atoms with Crippen molar-refractivity contribution in [2.24, 2.45) is 5.92 Å². The number of thioether (sulfide) groups is 1. The molecule has 0 aromatic heterocycles. The molecule has 1 N–H and O–H groups in total. The van der Waals surface area contributed by atoms with Gasteiger partial charge < -0.3 is 5.32 Å². The van der Waals surface area contributed by atoms with Crippen LogP contribution in [0.15, 0.2) is 59.5 Å². The third-order valence-corrected chi connectivity index (χ3v) is 5.96. The van der Waals surface area contributed by atoms with Crippen LogP contribution in [0.2, 0.25) is 0 Å². The van der Waals surface area contributed by atoms with Gasteiger partial charge in [-0.2, -0.15) is 0 Å². The molecule has 0 radical (unpaired) electrons. The molecule has 29 heavy (non-hydrogen) atoms. The van der Waals surface area contributed by atoms with Gasteiger partial charge in [0, 0.05) is 24.6 Å². The van der Waals surface area contributed by atoms with Crippen LogP contribution in [-0.4, -0.2) is 35.0 Å². The number of benzene rings is 2. The zero-order chi connectivity index (χ0) is 20.4. The Labute approximate surface area is 172 Å². The van der Waals surface area contributed by atoms with Gasteiger partial charge in [-0.3, -0.25) is 19.3 Å². The highest BCUT2D eigenvalue weighted by atomic mass is 32.2. The van der Waals surface area contributed by atoms with Crippen molar-refractivity contribution < 1.29 is 18.8 Å². The van der Waals surface area contributed by atoms with Crippen molar-refractivity contribution in [1.82, 2.24) is 10.2 Å². The number of nitrogens with zero attached hydrogens (tertiary/aromatic N) is 1. The predicted molar refractivity (Wildman–Crippen MR) is 109 cm³/mol. The molecular formula is C22H19FN2O3S. The Hall–Kier alpha value is -2.93. The van der Waals surface area contributed by atoms with Crippen LogP contribution < -0.4 is 5.32 Å². The lowest BCUT2D eigenvalue weighted by Crippen LogP contribution is -2.37. The van der Waals surface area contributed by atoms with E-state index in [-0.39, 0.29) is 41.3 Å². The molecule has 1 saturated heterocycles. The summed E-state index contributed by atoms with van der Waals surface area (Å²) in [5.74, 6) is -0.812. The first kappa shape index (κ1) is 19.4. The Morgan fingerprint density at radius 3 is 2.62 bits per heavy atom. The minimum absolute atomic E-state index is 0.0618. The summed E-state index contributed by atoms with van der Waals surface area (Å²) >= 11 is 0.780. The molecule has 2 atom stereocenters. The minimum Gasteiger partial charge on any atom is -0.354 e. The SMILES string of the molecule is O=C(NCCN1C(=O)S/C(=C\c2ccccc2F)C1=O)C1CC1c1ccccc1. The quantitative estimate of drug-likeness (QED) is 0.736. The predicted octanol–water partition coefficient (Wildman–Crippen LogP) is 3.78. The second kappa shape index (κ2) is 8.21. The molecule has 1 heterocycles. The number of hydrogen-bond acceptors (Lipinski definition) is 4. The van der Waals surface area contributed by atoms with Gasteiger partial charge in [-0.1, -0.05) is 48.5 Å². The summed E-state index contributed by atoms with van der Waals surface area (Å²) in [6, 6.07) is 15.9. The highest BCUT2D eigenvalue weighted by Gasteiger charge is 2.43. The molecule has 1 aliphatic carbocycles. The van der Waals surface area contributed by atoms with Crippen LogP contribution in [0.25, 0.3) is 6.08 Å². The summed E-state index contributed by atoms with van der Waals surface area (Å²) < 4.78 is 13.8. The maximum Gasteiger partial charge on any atom is 0.293 e. The second-order valence-electron chi connectivity index (χ2n) is 7.01. The summed E-state index contributed by atoms with van der Waals surface area (Å²) in [7, 11) is 0. The number of carbonyl (C=O) groups is 3. The van der Waals surface area contributed by atoms with Gasteiger partial charge in [0.15, 0.2) is 0 Å². The first-order chi connectivity index (χ1) is 14.0. The van der Waals surface area contributed by atoms with Gasteiger partial charge >= 0.3 is 0 Å². The van der Waals surface area contributed by atoms with Crippen LogP contribution in [0, 0.1) is 11.7 Å². The number of imide groups is 1. The van der Waals surface area contributed by atoms with Crippen molar-refractivity contribution in [3.8, 4) is 0 Å². The maximum atomic E-state index is 13.8. The zero-order valence-electron chi connectivity index (χ0n) is 15.5. The number of nitrogens with one attached hydrogen (secondary N) is 1. The molecular weight excluding hydrogens is 391 g/mol. The van der Waals surface area contributed by atoms with E-state index < -0.39 is 17.0 Å². The number of carbonyl (C=O) groups excluding carboxylic acids is 3. The molecule has 0 spiro atoms. The summed E-state index contributed by atoms with van der Waals surface area (Å²) in [6.07, 6.45) is 2.19. The molecule has 2 aromatic carbocycles. The summed E-state index contributed by atoms with van der Waals surface area (Å²) in [5, 5.41) is 2.40. The molecule has 2 unspecified atom stereocenters. The first-order valence-electron chi connectivity index (χ1n) is 9.37. The average Bonchev–Trinajstić information content (AvgIpc) is 3.48. The van der Waals surface area contributed by atoms with Crippen LogP contribution in [-0.2, 0) is 9.59 Å². The van der Waals surface area contributed by atoms with Crippen LogP contribution in [0.5, 0.6) is 0 Å². The standard InChI is InChI=1S/C22H19FN2O3S/c23-18-9-5-4-8-15(18)12-19-21(27)25(22(28)29-19)11-10-24-20(26)17-13-16(17)14-6-2-1-3-7-14/h1-9,12,16-17H,10-11,13H2,(H,24,26)/b19-12-. The Morgan fingerprint density at radius 1 is 1.14 bits per heavy atom. The Morgan fingerprint density at radius 2 is 1.86 bits per heavy atom. The lowest BCUT2D eigenvalue weighted by Gasteiger charge is -2.13. The van der Waals surface area contributed by atoms with E-state index >= 15 is 0 Å². The molecule has 3 amide bonds. The third kappa shape index (κ3) is 4.24. The molecule has 2 aromatic rings. The van der Waals surface area contributed by atoms with Crippen LogP contribution >= 0.6 is 11.8 Å². The summed E-state index contributed by atoms with van der Waals surface area (Å²) in [4.78, 5) is 38.2. The van der Waals surface area contributed by atoms with Crippen molar-refractivity contribution in [2.45, 2.75) is 12.3 Å². The van der Waals surface area contributed by atoms with E-state index in [2.05, 4.69) is 5.32 Å². The second-order valence-corrected chi connectivity index (χ2v) is 8.00. The summed E-state index contributed by atoms with van der Waals surface area (Å²) in [6.45, 7) is 0.287. The van der Waals surface area contributed by atoms with Gasteiger partial charge in [-0.05, 0) is 41.8 Å². The minimum atomic E-state index is -0.467. The number of amides is 3. The lowest BCUT2D eigenvalue weighted by atomic mass is 10.1. The van der Waals surface area contributed by atoms with Crippen molar-refractivity contribution in [2.75, 3.05) is 13.1 Å². The highest BCUT2D eigenvalue weighted by Crippen LogP contribution is 2.47. The summed E-state index contributed by atoms with van der Waals surface area (Å²) in [5.41, 5.74) is 1.41. The van der Waals surface area contributed by atoms with Crippen LogP contribution in [0.1, 0.15) is 23.5 Å². The van der Waals surface area contributed by atoms with Crippen molar-refractivity contribution >= 4 is 34.9 Å². The molecule has 148 valence electrons. The zero-order valence-corrected chi connectivity index (χ0v) is 16.3. The fourth-order valence-corrected chi connectivity index (χ4v) is 4.26. The first-order valence-corrected chi connectivity index (χ1v) is 10.2. The van der Waals surface area contributed by atoms with E-state index in [1.54, 1.807) is 18.2 Å². The van der Waals surface area contributed by atoms with E-state index in [1.165, 1.54) is 12.1 Å². The van der Waals surface area contributed by atoms with Gasteiger partial charge in [0.2, 0.25) is 5.91 Å².